The highest BCUT2D eigenvalue weighted by molar-refractivity contribution is 5.59. The number of carbonyl (C=O) groups excluding carboxylic acids is 1. The number of carbonyl (C=O) groups is 1. The molecule has 1 heterocycles. The average molecular weight is 238 g/mol. The van der Waals surface area contributed by atoms with Gasteiger partial charge in [-0.25, -0.2) is 9.78 Å². The van der Waals surface area contributed by atoms with Crippen molar-refractivity contribution in [1.82, 2.24) is 9.55 Å². The second-order valence-corrected chi connectivity index (χ2v) is 4.35. The van der Waals surface area contributed by atoms with E-state index in [1.165, 1.54) is 6.42 Å². The van der Waals surface area contributed by atoms with Crippen LogP contribution in [0.1, 0.15) is 37.9 Å². The molecule has 0 aliphatic heterocycles. The van der Waals surface area contributed by atoms with E-state index in [4.69, 9.17) is 9.47 Å². The summed E-state index contributed by atoms with van der Waals surface area (Å²) in [6.45, 7) is 2.02. The molecule has 94 valence electrons. The van der Waals surface area contributed by atoms with E-state index in [9.17, 15) is 4.79 Å². The Morgan fingerprint density at radius 2 is 2.24 bits per heavy atom. The second kappa shape index (κ2) is 5.70. The molecular weight excluding hydrogens is 220 g/mol. The molecule has 5 nitrogen and oxygen atoms in total. The highest BCUT2D eigenvalue weighted by atomic mass is 16.7. The predicted molar refractivity (Wildman–Crippen MR) is 61.4 cm³/mol. The summed E-state index contributed by atoms with van der Waals surface area (Å²) >= 11 is 0. The Kier molecular flexibility index (Phi) is 4.01. The van der Waals surface area contributed by atoms with Crippen LogP contribution >= 0.6 is 0 Å². The summed E-state index contributed by atoms with van der Waals surface area (Å²) in [5.41, 5.74) is 0. The topological polar surface area (TPSA) is 53.4 Å². The molecule has 0 radical (unpaired) electrons. The van der Waals surface area contributed by atoms with Crippen LogP contribution < -0.4 is 0 Å². The van der Waals surface area contributed by atoms with Crippen molar-refractivity contribution in [2.24, 2.45) is 0 Å². The molecule has 0 unspecified atom stereocenters. The van der Waals surface area contributed by atoms with Crippen LogP contribution in [0.5, 0.6) is 0 Å². The zero-order chi connectivity index (χ0) is 12.1. The summed E-state index contributed by atoms with van der Waals surface area (Å²) in [6, 6.07) is 0. The molecule has 0 N–H and O–H groups in total. The smallest absolute Gasteiger partial charge is 0.431 e. The summed E-state index contributed by atoms with van der Waals surface area (Å²) in [7, 11) is 0. The third-order valence-corrected chi connectivity index (χ3v) is 3.06. The molecule has 1 aromatic heterocycles. The van der Waals surface area contributed by atoms with E-state index in [1.54, 1.807) is 17.0 Å². The summed E-state index contributed by atoms with van der Waals surface area (Å²) in [4.78, 5) is 15.5. The Balaban J connectivity index is 1.72. The minimum absolute atomic E-state index is 0.0418. The van der Waals surface area contributed by atoms with Crippen molar-refractivity contribution in [1.29, 1.82) is 0 Å². The third kappa shape index (κ3) is 3.47. The van der Waals surface area contributed by atoms with Crippen LogP contribution in [0.15, 0.2) is 12.4 Å². The molecule has 0 atom stereocenters. The van der Waals surface area contributed by atoms with Gasteiger partial charge in [-0.2, -0.15) is 0 Å². The van der Waals surface area contributed by atoms with Crippen LogP contribution in [0, 0.1) is 6.92 Å². The lowest BCUT2D eigenvalue weighted by molar-refractivity contribution is -0.00392. The third-order valence-electron chi connectivity index (χ3n) is 3.06. The van der Waals surface area contributed by atoms with Crippen LogP contribution in [-0.2, 0) is 16.2 Å². The Bertz CT molecular complexity index is 370. The Morgan fingerprint density at radius 1 is 1.47 bits per heavy atom. The molecule has 0 amide bonds. The van der Waals surface area contributed by atoms with Gasteiger partial charge < -0.3 is 14.0 Å². The molecule has 2 rings (SSSR count). The molecule has 1 saturated carbocycles. The first-order chi connectivity index (χ1) is 8.25. The molecule has 5 heteroatoms. The van der Waals surface area contributed by atoms with Gasteiger partial charge in [0.1, 0.15) is 11.9 Å². The molecule has 0 spiro atoms. The number of imidazole rings is 1. The van der Waals surface area contributed by atoms with Crippen molar-refractivity contribution >= 4 is 6.16 Å². The van der Waals surface area contributed by atoms with Crippen LogP contribution in [0.2, 0.25) is 0 Å². The first-order valence-corrected chi connectivity index (χ1v) is 6.07. The molecule has 0 bridgehead atoms. The first kappa shape index (κ1) is 12.0. The normalized spacial score (nSPS) is 16.8. The van der Waals surface area contributed by atoms with E-state index in [2.05, 4.69) is 4.98 Å². The van der Waals surface area contributed by atoms with E-state index in [1.807, 2.05) is 6.92 Å². The molecule has 17 heavy (non-hydrogen) atoms. The monoisotopic (exact) mass is 238 g/mol. The van der Waals surface area contributed by atoms with E-state index in [0.717, 1.165) is 31.5 Å². The lowest BCUT2D eigenvalue weighted by Crippen LogP contribution is -2.22. The van der Waals surface area contributed by atoms with E-state index < -0.39 is 6.16 Å². The van der Waals surface area contributed by atoms with Gasteiger partial charge in [-0.1, -0.05) is 6.42 Å². The zero-order valence-corrected chi connectivity index (χ0v) is 10.1. The molecule has 1 fully saturated rings. The van der Waals surface area contributed by atoms with Crippen molar-refractivity contribution < 1.29 is 14.3 Å². The van der Waals surface area contributed by atoms with Gasteiger partial charge in [-0.3, -0.25) is 0 Å². The summed E-state index contributed by atoms with van der Waals surface area (Å²) in [6.07, 6.45) is 8.33. The number of ether oxygens (including phenoxy) is 2. The summed E-state index contributed by atoms with van der Waals surface area (Å²) < 4.78 is 12.0. The lowest BCUT2D eigenvalue weighted by Gasteiger charge is -2.21. The fourth-order valence-electron chi connectivity index (χ4n) is 2.02. The molecule has 0 aromatic carbocycles. The number of hydrogen-bond acceptors (Lipinski definition) is 4. The standard InChI is InChI=1S/C12H18N2O3/c1-10-13-7-8-14(10)9-16-12(15)17-11-5-3-2-4-6-11/h7-8,11H,2-6,9H2,1H3. The molecule has 1 aliphatic carbocycles. The van der Waals surface area contributed by atoms with Crippen LogP contribution in [0.25, 0.3) is 0 Å². The van der Waals surface area contributed by atoms with Crippen molar-refractivity contribution in [3.05, 3.63) is 18.2 Å². The zero-order valence-electron chi connectivity index (χ0n) is 10.1. The quantitative estimate of drug-likeness (QED) is 0.759. The van der Waals surface area contributed by atoms with Crippen LogP contribution in [0.3, 0.4) is 0 Å². The SMILES string of the molecule is Cc1nccn1COC(=O)OC1CCCCC1. The second-order valence-electron chi connectivity index (χ2n) is 4.35. The highest BCUT2D eigenvalue weighted by Gasteiger charge is 2.18. The van der Waals surface area contributed by atoms with Gasteiger partial charge in [0.15, 0.2) is 6.73 Å². The van der Waals surface area contributed by atoms with E-state index in [0.29, 0.717) is 0 Å². The Hall–Kier alpha value is -1.52. The summed E-state index contributed by atoms with van der Waals surface area (Å²) in [5.74, 6) is 0.815. The fourth-order valence-corrected chi connectivity index (χ4v) is 2.02. The first-order valence-electron chi connectivity index (χ1n) is 6.07. The largest absolute Gasteiger partial charge is 0.510 e. The molecular formula is C12H18N2O3. The summed E-state index contributed by atoms with van der Waals surface area (Å²) in [5, 5.41) is 0. The minimum atomic E-state index is -0.579. The van der Waals surface area contributed by atoms with Gasteiger partial charge >= 0.3 is 6.16 Å². The van der Waals surface area contributed by atoms with Gasteiger partial charge in [0.2, 0.25) is 0 Å². The molecule has 1 aromatic rings. The predicted octanol–water partition coefficient (Wildman–Crippen LogP) is 2.63. The van der Waals surface area contributed by atoms with Gasteiger partial charge in [0, 0.05) is 12.4 Å². The number of hydrogen-bond donors (Lipinski definition) is 0. The molecule has 1 aliphatic rings. The van der Waals surface area contributed by atoms with Gasteiger partial charge in [-0.05, 0) is 32.6 Å². The highest BCUT2D eigenvalue weighted by Crippen LogP contribution is 2.20. The van der Waals surface area contributed by atoms with Crippen LogP contribution in [-0.4, -0.2) is 21.8 Å². The maximum absolute atomic E-state index is 11.4. The fraction of sp³-hybridized carbons (Fsp3) is 0.667. The Labute approximate surface area is 101 Å². The van der Waals surface area contributed by atoms with Crippen LogP contribution in [0.4, 0.5) is 4.79 Å². The number of rotatable bonds is 3. The van der Waals surface area contributed by atoms with E-state index in [-0.39, 0.29) is 12.8 Å². The van der Waals surface area contributed by atoms with Crippen molar-refractivity contribution in [2.75, 3.05) is 0 Å². The van der Waals surface area contributed by atoms with Crippen molar-refractivity contribution in [3.8, 4) is 0 Å². The minimum Gasteiger partial charge on any atom is -0.431 e. The van der Waals surface area contributed by atoms with Gasteiger partial charge in [0.25, 0.3) is 0 Å². The van der Waals surface area contributed by atoms with E-state index >= 15 is 0 Å². The maximum Gasteiger partial charge on any atom is 0.510 e. The lowest BCUT2D eigenvalue weighted by atomic mass is 9.98. The van der Waals surface area contributed by atoms with Crippen molar-refractivity contribution in [3.63, 3.8) is 0 Å². The number of aryl methyl sites for hydroxylation is 1. The average Bonchev–Trinajstić information content (AvgIpc) is 2.74. The Morgan fingerprint density at radius 3 is 2.88 bits per heavy atom. The number of nitrogens with zero attached hydrogens (tertiary/aromatic N) is 2. The van der Waals surface area contributed by atoms with Gasteiger partial charge in [0.05, 0.1) is 0 Å². The van der Waals surface area contributed by atoms with Gasteiger partial charge in [-0.15, -0.1) is 0 Å². The van der Waals surface area contributed by atoms with Crippen molar-refractivity contribution in [2.45, 2.75) is 51.9 Å². The maximum atomic E-state index is 11.4. The molecule has 0 saturated heterocycles. The number of aromatic nitrogens is 2.